The number of halogens is 1. The first-order chi connectivity index (χ1) is 15.2. The lowest BCUT2D eigenvalue weighted by Gasteiger charge is -2.34. The van der Waals surface area contributed by atoms with Crippen LogP contribution >= 0.6 is 0 Å². The molecule has 0 amide bonds. The van der Waals surface area contributed by atoms with Gasteiger partial charge in [-0.2, -0.15) is 4.31 Å². The van der Waals surface area contributed by atoms with Gasteiger partial charge in [0.2, 0.25) is 10.0 Å². The summed E-state index contributed by atoms with van der Waals surface area (Å²) in [6.45, 7) is 5.37. The van der Waals surface area contributed by atoms with Crippen LogP contribution in [0.2, 0.25) is 0 Å². The topological polar surface area (TPSA) is 126 Å². The molecule has 2 aliphatic rings. The Labute approximate surface area is 187 Å². The monoisotopic (exact) mass is 462 g/mol. The molecule has 172 valence electrons. The van der Waals surface area contributed by atoms with Crippen LogP contribution in [0.1, 0.15) is 37.9 Å². The maximum Gasteiger partial charge on any atom is 0.217 e. The summed E-state index contributed by atoms with van der Waals surface area (Å²) in [5, 5.41) is 8.37. The van der Waals surface area contributed by atoms with E-state index < -0.39 is 15.8 Å². The number of hydrogen-bond acceptors (Lipinski definition) is 8. The largest absolute Gasteiger partial charge is 0.488 e. The molecule has 3 N–H and O–H groups in total. The third-order valence-electron chi connectivity index (χ3n) is 5.51. The zero-order valence-electron chi connectivity index (χ0n) is 18.1. The molecule has 1 aromatic carbocycles. The molecule has 0 unspecified atom stereocenters. The summed E-state index contributed by atoms with van der Waals surface area (Å²) < 4.78 is 46.1. The van der Waals surface area contributed by atoms with E-state index >= 15 is 0 Å². The van der Waals surface area contributed by atoms with Crippen LogP contribution in [-0.4, -0.2) is 65.9 Å². The number of nitrogens with one attached hydrogen (secondary N) is 1. The number of anilines is 2. The molecule has 1 aliphatic heterocycles. The summed E-state index contributed by atoms with van der Waals surface area (Å²) in [7, 11) is -3.19. The molecule has 32 heavy (non-hydrogen) atoms. The van der Waals surface area contributed by atoms with Crippen LogP contribution in [0.4, 0.5) is 15.9 Å². The van der Waals surface area contributed by atoms with Crippen molar-refractivity contribution in [2.45, 2.75) is 38.0 Å². The lowest BCUT2D eigenvalue weighted by molar-refractivity contribution is 0.231. The number of sulfonamides is 1. The standard InChI is InChI=1S/C21H27FN6O3S/c1-13(2)31-19-9-15(17(23)10-16(19)22)21(24)18-11-20(26-12-25-18)27-5-7-28(8-6-27)32(29,30)14-3-4-14/h9-14,24H,3-8,23H2,1-2H3. The molecule has 1 saturated carbocycles. The van der Waals surface area contributed by atoms with Gasteiger partial charge in [-0.05, 0) is 32.8 Å². The van der Waals surface area contributed by atoms with Crippen LogP contribution < -0.4 is 15.4 Å². The highest BCUT2D eigenvalue weighted by Gasteiger charge is 2.41. The Hall–Kier alpha value is -2.79. The summed E-state index contributed by atoms with van der Waals surface area (Å²) >= 11 is 0. The summed E-state index contributed by atoms with van der Waals surface area (Å²) in [6, 6.07) is 4.22. The molecule has 1 aliphatic carbocycles. The van der Waals surface area contributed by atoms with E-state index in [9.17, 15) is 12.8 Å². The molecule has 2 aromatic rings. The smallest absolute Gasteiger partial charge is 0.217 e. The second kappa shape index (κ2) is 8.62. The average molecular weight is 463 g/mol. The van der Waals surface area contributed by atoms with Gasteiger partial charge < -0.3 is 15.4 Å². The molecule has 0 spiro atoms. The van der Waals surface area contributed by atoms with Gasteiger partial charge in [0.1, 0.15) is 12.1 Å². The van der Waals surface area contributed by atoms with Crippen molar-refractivity contribution in [2.24, 2.45) is 0 Å². The quantitative estimate of drug-likeness (QED) is 0.476. The lowest BCUT2D eigenvalue weighted by Crippen LogP contribution is -2.49. The van der Waals surface area contributed by atoms with E-state index in [1.165, 1.54) is 12.4 Å². The van der Waals surface area contributed by atoms with E-state index in [-0.39, 0.29) is 28.5 Å². The minimum Gasteiger partial charge on any atom is -0.488 e. The van der Waals surface area contributed by atoms with Crippen molar-refractivity contribution in [3.8, 4) is 5.75 Å². The first-order valence-corrected chi connectivity index (χ1v) is 12.1. The second-order valence-corrected chi connectivity index (χ2v) is 10.5. The Morgan fingerprint density at radius 2 is 1.88 bits per heavy atom. The summed E-state index contributed by atoms with van der Waals surface area (Å²) in [4.78, 5) is 10.5. The van der Waals surface area contributed by atoms with Crippen molar-refractivity contribution in [1.29, 1.82) is 5.41 Å². The van der Waals surface area contributed by atoms with Crippen molar-refractivity contribution in [3.63, 3.8) is 0 Å². The first-order valence-electron chi connectivity index (χ1n) is 10.6. The van der Waals surface area contributed by atoms with Crippen molar-refractivity contribution in [2.75, 3.05) is 36.8 Å². The van der Waals surface area contributed by atoms with Crippen molar-refractivity contribution < 1.29 is 17.5 Å². The molecule has 2 heterocycles. The highest BCUT2D eigenvalue weighted by molar-refractivity contribution is 7.90. The van der Waals surface area contributed by atoms with Gasteiger partial charge in [-0.3, -0.25) is 5.41 Å². The number of piperazine rings is 1. The number of benzene rings is 1. The molecule has 0 atom stereocenters. The van der Waals surface area contributed by atoms with Gasteiger partial charge in [-0.15, -0.1) is 0 Å². The molecule has 4 rings (SSSR count). The van der Waals surface area contributed by atoms with Crippen molar-refractivity contribution >= 4 is 27.2 Å². The minimum atomic E-state index is -3.19. The Balaban J connectivity index is 1.52. The second-order valence-electron chi connectivity index (χ2n) is 8.30. The van der Waals surface area contributed by atoms with E-state index in [0.29, 0.717) is 43.3 Å². The van der Waals surface area contributed by atoms with Crippen LogP contribution in [0.15, 0.2) is 24.5 Å². The highest BCUT2D eigenvalue weighted by Crippen LogP contribution is 2.32. The minimum absolute atomic E-state index is 0.0229. The number of ether oxygens (including phenoxy) is 1. The first kappa shape index (κ1) is 22.4. The maximum atomic E-state index is 14.2. The number of nitrogens with zero attached hydrogens (tertiary/aromatic N) is 4. The zero-order chi connectivity index (χ0) is 23.0. The number of nitrogen functional groups attached to an aromatic ring is 1. The van der Waals surface area contributed by atoms with Crippen LogP contribution in [0, 0.1) is 11.2 Å². The molecule has 2 fully saturated rings. The van der Waals surface area contributed by atoms with E-state index in [1.54, 1.807) is 24.2 Å². The number of hydrogen-bond donors (Lipinski definition) is 2. The van der Waals surface area contributed by atoms with Crippen LogP contribution in [0.25, 0.3) is 0 Å². The van der Waals surface area contributed by atoms with Crippen molar-refractivity contribution in [3.05, 3.63) is 41.6 Å². The lowest BCUT2D eigenvalue weighted by atomic mass is 10.0. The van der Waals surface area contributed by atoms with Gasteiger partial charge >= 0.3 is 0 Å². The van der Waals surface area contributed by atoms with Gasteiger partial charge in [0.15, 0.2) is 11.6 Å². The molecule has 0 bridgehead atoms. The Kier molecular flexibility index (Phi) is 6.04. The molecule has 0 radical (unpaired) electrons. The number of aromatic nitrogens is 2. The molecule has 1 saturated heterocycles. The Morgan fingerprint density at radius 3 is 2.50 bits per heavy atom. The van der Waals surface area contributed by atoms with Crippen LogP contribution in [-0.2, 0) is 10.0 Å². The van der Waals surface area contributed by atoms with E-state index in [1.807, 2.05) is 4.90 Å². The third-order valence-corrected chi connectivity index (χ3v) is 7.91. The summed E-state index contributed by atoms with van der Waals surface area (Å²) in [5.74, 6) is 0.0360. The SMILES string of the molecule is CC(C)Oc1cc(C(=N)c2cc(N3CCN(S(=O)(=O)C4CC4)CC3)ncn2)c(N)cc1F. The Morgan fingerprint density at radius 1 is 1.19 bits per heavy atom. The fourth-order valence-electron chi connectivity index (χ4n) is 3.67. The summed E-state index contributed by atoms with van der Waals surface area (Å²) in [5.41, 5.74) is 6.75. The highest BCUT2D eigenvalue weighted by atomic mass is 32.2. The predicted octanol–water partition coefficient (Wildman–Crippen LogP) is 2.02. The molecular weight excluding hydrogens is 435 g/mol. The van der Waals surface area contributed by atoms with E-state index in [2.05, 4.69) is 9.97 Å². The predicted molar refractivity (Wildman–Crippen MR) is 120 cm³/mol. The van der Waals surface area contributed by atoms with Gasteiger partial charge in [0.25, 0.3) is 0 Å². The normalized spacial score (nSPS) is 17.6. The van der Waals surface area contributed by atoms with Gasteiger partial charge in [0.05, 0.1) is 22.8 Å². The molecular formula is C21H27FN6O3S. The Bertz CT molecular complexity index is 1130. The van der Waals surface area contributed by atoms with Crippen LogP contribution in [0.3, 0.4) is 0 Å². The fourth-order valence-corrected chi connectivity index (χ4v) is 5.50. The average Bonchev–Trinajstić information content (AvgIpc) is 3.61. The molecule has 1 aromatic heterocycles. The molecule has 9 nitrogen and oxygen atoms in total. The number of rotatable bonds is 7. The van der Waals surface area contributed by atoms with E-state index in [4.69, 9.17) is 15.9 Å². The van der Waals surface area contributed by atoms with Gasteiger partial charge in [-0.25, -0.2) is 22.8 Å². The third kappa shape index (κ3) is 4.53. The van der Waals surface area contributed by atoms with Gasteiger partial charge in [-0.1, -0.05) is 0 Å². The van der Waals surface area contributed by atoms with E-state index in [0.717, 1.165) is 18.9 Å². The summed E-state index contributed by atoms with van der Waals surface area (Å²) in [6.07, 6.45) is 2.62. The van der Waals surface area contributed by atoms with Gasteiger partial charge in [0, 0.05) is 49.6 Å². The van der Waals surface area contributed by atoms with Crippen molar-refractivity contribution in [1.82, 2.24) is 14.3 Å². The number of nitrogens with two attached hydrogens (primary N) is 1. The maximum absolute atomic E-state index is 14.2. The zero-order valence-corrected chi connectivity index (χ0v) is 18.9. The van der Waals surface area contributed by atoms with Crippen LogP contribution in [0.5, 0.6) is 5.75 Å². The fraction of sp³-hybridized carbons (Fsp3) is 0.476. The molecule has 11 heteroatoms.